The Morgan fingerprint density at radius 2 is 1.83 bits per heavy atom. The van der Waals surface area contributed by atoms with E-state index in [1.807, 2.05) is 39.1 Å². The maximum absolute atomic E-state index is 11.2. The quantitative estimate of drug-likeness (QED) is 0.420. The number of rotatable bonds is 8. The zero-order valence-electron chi connectivity index (χ0n) is 20.2. The van der Waals surface area contributed by atoms with E-state index in [1.54, 1.807) is 6.08 Å². The van der Waals surface area contributed by atoms with E-state index in [2.05, 4.69) is 47.1 Å². The zero-order chi connectivity index (χ0) is 25.6. The molecule has 8 nitrogen and oxygen atoms in total. The average molecular weight is 484 g/mol. The van der Waals surface area contributed by atoms with Gasteiger partial charge in [-0.1, -0.05) is 60.4 Å². The van der Waals surface area contributed by atoms with Crippen LogP contribution in [0, 0.1) is 17.3 Å². The van der Waals surface area contributed by atoms with Gasteiger partial charge in [-0.2, -0.15) is 0 Å². The van der Waals surface area contributed by atoms with E-state index in [-0.39, 0.29) is 6.61 Å². The van der Waals surface area contributed by atoms with Gasteiger partial charge in [0.15, 0.2) is 12.4 Å². The van der Waals surface area contributed by atoms with Crippen LogP contribution in [0.15, 0.2) is 54.6 Å². The first-order valence-corrected chi connectivity index (χ1v) is 11.5. The number of nitrogens with zero attached hydrogens (tertiary/aromatic N) is 1. The Bertz CT molecular complexity index is 1100. The molecule has 1 saturated heterocycles. The van der Waals surface area contributed by atoms with E-state index in [9.17, 15) is 20.1 Å². The van der Waals surface area contributed by atoms with E-state index in [1.165, 1.54) is 16.3 Å². The van der Waals surface area contributed by atoms with Gasteiger partial charge < -0.3 is 29.9 Å². The Morgan fingerprint density at radius 3 is 2.57 bits per heavy atom. The van der Waals surface area contributed by atoms with Crippen molar-refractivity contribution in [3.63, 3.8) is 0 Å². The van der Waals surface area contributed by atoms with Gasteiger partial charge in [-0.25, -0.2) is 4.79 Å². The fourth-order valence-electron chi connectivity index (χ4n) is 3.83. The van der Waals surface area contributed by atoms with Gasteiger partial charge in [0.2, 0.25) is 0 Å². The first-order chi connectivity index (χ1) is 16.6. The van der Waals surface area contributed by atoms with Gasteiger partial charge in [0.1, 0.15) is 18.3 Å². The number of benzene rings is 2. The van der Waals surface area contributed by atoms with Crippen molar-refractivity contribution < 1.29 is 34.7 Å². The molecule has 0 bridgehead atoms. The van der Waals surface area contributed by atoms with E-state index in [4.69, 9.17) is 14.6 Å². The Balaban J connectivity index is 1.50. The Morgan fingerprint density at radius 1 is 1.11 bits per heavy atom. The summed E-state index contributed by atoms with van der Waals surface area (Å²) in [4.78, 5) is 13.4. The minimum Gasteiger partial charge on any atom is -0.479 e. The number of hydrogen-bond acceptors (Lipinski definition) is 7. The van der Waals surface area contributed by atoms with Gasteiger partial charge in [0, 0.05) is 18.5 Å². The van der Waals surface area contributed by atoms with Crippen LogP contribution in [0.25, 0.3) is 10.8 Å². The number of aliphatic hydroxyl groups is 3. The summed E-state index contributed by atoms with van der Waals surface area (Å²) >= 11 is 0. The van der Waals surface area contributed by atoms with E-state index < -0.39 is 42.1 Å². The highest BCUT2D eigenvalue weighted by Gasteiger charge is 2.47. The van der Waals surface area contributed by atoms with Crippen molar-refractivity contribution in [1.82, 2.24) is 4.90 Å². The molecule has 2 aromatic rings. The standard InChI is InChI=1S/C27H33NO7/c1-27(2,17-34-26-23(31)21(29)22(30)24(35-26)25(32)33)14-7-4-8-15-28(3)16-19-12-9-11-18-10-5-6-13-20(18)19/h4-6,8-13,21-24,26,29-31H,15-17H2,1-3H3,(H,32,33)/b8-4+/t21-,22-,23-,24?,26+/m1/s1. The van der Waals surface area contributed by atoms with Crippen molar-refractivity contribution >= 4 is 16.7 Å². The molecule has 1 aliphatic rings. The lowest BCUT2D eigenvalue weighted by Gasteiger charge is -2.39. The van der Waals surface area contributed by atoms with Crippen molar-refractivity contribution in [1.29, 1.82) is 0 Å². The number of aliphatic carboxylic acids is 1. The van der Waals surface area contributed by atoms with E-state index in [0.29, 0.717) is 6.54 Å². The van der Waals surface area contributed by atoms with Gasteiger partial charge in [-0.15, -0.1) is 0 Å². The number of carboxylic acids is 1. The number of carbonyl (C=O) groups is 1. The molecule has 1 heterocycles. The monoisotopic (exact) mass is 483 g/mol. The summed E-state index contributed by atoms with van der Waals surface area (Å²) < 4.78 is 10.6. The first kappa shape index (κ1) is 26.8. The predicted molar refractivity (Wildman–Crippen MR) is 131 cm³/mol. The minimum absolute atomic E-state index is 0.0195. The van der Waals surface area contributed by atoms with Crippen LogP contribution >= 0.6 is 0 Å². The van der Waals surface area contributed by atoms with Crippen LogP contribution in [0.3, 0.4) is 0 Å². The molecule has 0 spiro atoms. The van der Waals surface area contributed by atoms with Crippen LogP contribution < -0.4 is 0 Å². The number of allylic oxidation sites excluding steroid dienone is 1. The predicted octanol–water partition coefficient (Wildman–Crippen LogP) is 1.77. The molecule has 5 atom stereocenters. The summed E-state index contributed by atoms with van der Waals surface area (Å²) in [7, 11) is 2.04. The number of ether oxygens (including phenoxy) is 2. The third-order valence-corrected chi connectivity index (χ3v) is 5.77. The summed E-state index contributed by atoms with van der Waals surface area (Å²) in [5, 5.41) is 41.3. The molecule has 0 aromatic heterocycles. The third kappa shape index (κ3) is 7.12. The molecular weight excluding hydrogens is 450 g/mol. The lowest BCUT2D eigenvalue weighted by atomic mass is 9.95. The summed E-state index contributed by atoms with van der Waals surface area (Å²) in [6, 6.07) is 14.6. The number of aliphatic hydroxyl groups excluding tert-OH is 3. The lowest BCUT2D eigenvalue weighted by molar-refractivity contribution is -0.297. The first-order valence-electron chi connectivity index (χ1n) is 11.5. The molecule has 0 radical (unpaired) electrons. The normalized spacial score (nSPS) is 25.1. The number of hydrogen-bond donors (Lipinski definition) is 4. The topological polar surface area (TPSA) is 120 Å². The molecule has 4 N–H and O–H groups in total. The summed E-state index contributed by atoms with van der Waals surface area (Å²) in [6.45, 7) is 5.20. The second kappa shape index (κ2) is 11.8. The van der Waals surface area contributed by atoms with Crippen LogP contribution in [0.2, 0.25) is 0 Å². The highest BCUT2D eigenvalue weighted by atomic mass is 16.7. The number of fused-ring (bicyclic) bond motifs is 1. The van der Waals surface area contributed by atoms with Crippen molar-refractivity contribution in [3.05, 3.63) is 60.2 Å². The molecule has 35 heavy (non-hydrogen) atoms. The Kier molecular flexibility index (Phi) is 9.03. The minimum atomic E-state index is -1.75. The van der Waals surface area contributed by atoms with Crippen LogP contribution in [0.4, 0.5) is 0 Å². The molecule has 1 aliphatic heterocycles. The number of likely N-dealkylation sites (N-methyl/N-ethyl adjacent to an activating group) is 1. The fourth-order valence-corrected chi connectivity index (χ4v) is 3.83. The van der Waals surface area contributed by atoms with Crippen molar-refractivity contribution in [3.8, 4) is 11.8 Å². The highest BCUT2D eigenvalue weighted by Crippen LogP contribution is 2.25. The molecule has 2 aromatic carbocycles. The molecule has 8 heteroatoms. The summed E-state index contributed by atoms with van der Waals surface area (Å²) in [6.07, 6.45) is -4.37. The molecule has 0 saturated carbocycles. The molecular formula is C27H33NO7. The molecule has 1 unspecified atom stereocenters. The van der Waals surface area contributed by atoms with Crippen LogP contribution in [-0.2, 0) is 20.8 Å². The van der Waals surface area contributed by atoms with Crippen molar-refractivity contribution in [2.24, 2.45) is 5.41 Å². The van der Waals surface area contributed by atoms with Crippen molar-refractivity contribution in [2.75, 3.05) is 20.2 Å². The van der Waals surface area contributed by atoms with E-state index in [0.717, 1.165) is 6.54 Å². The maximum Gasteiger partial charge on any atom is 0.335 e. The smallest absolute Gasteiger partial charge is 0.335 e. The fraction of sp³-hybridized carbons (Fsp3) is 0.444. The van der Waals surface area contributed by atoms with Gasteiger partial charge >= 0.3 is 5.97 Å². The van der Waals surface area contributed by atoms with Crippen LogP contribution in [-0.4, -0.2) is 82.2 Å². The molecule has 1 fully saturated rings. The Labute approximate surface area is 205 Å². The van der Waals surface area contributed by atoms with Gasteiger partial charge in [0.25, 0.3) is 0 Å². The third-order valence-electron chi connectivity index (χ3n) is 5.77. The average Bonchev–Trinajstić information content (AvgIpc) is 2.82. The number of carboxylic acid groups (broad SMARTS) is 1. The summed E-state index contributed by atoms with van der Waals surface area (Å²) in [5.41, 5.74) is 0.625. The van der Waals surface area contributed by atoms with Crippen LogP contribution in [0.5, 0.6) is 0 Å². The second-order valence-electron chi connectivity index (χ2n) is 9.44. The zero-order valence-corrected chi connectivity index (χ0v) is 20.2. The SMILES string of the molecule is CN(C/C=C/C#CC(C)(C)CO[C@H]1OC(C(=O)O)[C@H](O)[C@@H](O)[C@H]1O)Cc1cccc2ccccc12. The molecule has 188 valence electrons. The highest BCUT2D eigenvalue weighted by molar-refractivity contribution is 5.85. The largest absolute Gasteiger partial charge is 0.479 e. The van der Waals surface area contributed by atoms with Crippen LogP contribution in [0.1, 0.15) is 19.4 Å². The van der Waals surface area contributed by atoms with Gasteiger partial charge in [0.05, 0.1) is 6.61 Å². The molecule has 0 amide bonds. The molecule has 0 aliphatic carbocycles. The van der Waals surface area contributed by atoms with Crippen molar-refractivity contribution in [2.45, 2.75) is 51.1 Å². The lowest BCUT2D eigenvalue weighted by Crippen LogP contribution is -2.60. The molecule has 3 rings (SSSR count). The maximum atomic E-state index is 11.2. The van der Waals surface area contributed by atoms with E-state index >= 15 is 0 Å². The van der Waals surface area contributed by atoms with Gasteiger partial charge in [-0.05, 0) is 43.3 Å². The summed E-state index contributed by atoms with van der Waals surface area (Å²) in [5.74, 6) is 4.61. The second-order valence-corrected chi connectivity index (χ2v) is 9.44. The Hall–Kier alpha value is -2.77. The van der Waals surface area contributed by atoms with Gasteiger partial charge in [-0.3, -0.25) is 4.90 Å².